The summed E-state index contributed by atoms with van der Waals surface area (Å²) in [5.74, 6) is 0.185. The Morgan fingerprint density at radius 2 is 1.86 bits per heavy atom. The second kappa shape index (κ2) is 5.84. The largest absolute Gasteiger partial charge is 0.426 e. The Morgan fingerprint density at radius 1 is 1.10 bits per heavy atom. The van der Waals surface area contributed by atoms with E-state index in [4.69, 9.17) is 16.3 Å². The number of carbonyl (C=O) groups excluding carboxylic acids is 1. The molecule has 0 atom stereocenters. The van der Waals surface area contributed by atoms with Crippen molar-refractivity contribution in [2.75, 3.05) is 5.88 Å². The molecular formula is C16H11ClO3S. The molecule has 0 aliphatic rings. The number of ether oxygens (including phenoxy) is 1. The predicted molar refractivity (Wildman–Crippen MR) is 86.6 cm³/mol. The number of rotatable bonds is 3. The van der Waals surface area contributed by atoms with Crippen LogP contribution in [0.5, 0.6) is 5.75 Å². The second-order valence-corrected chi connectivity index (χ2v) is 5.96. The van der Waals surface area contributed by atoms with Gasteiger partial charge in [-0.15, -0.1) is 22.9 Å². The van der Waals surface area contributed by atoms with Crippen molar-refractivity contribution < 1.29 is 9.53 Å². The van der Waals surface area contributed by atoms with Gasteiger partial charge in [0.1, 0.15) is 5.75 Å². The van der Waals surface area contributed by atoms with Gasteiger partial charge in [-0.25, -0.2) is 0 Å². The van der Waals surface area contributed by atoms with E-state index < -0.39 is 5.97 Å². The Morgan fingerprint density at radius 3 is 2.67 bits per heavy atom. The summed E-state index contributed by atoms with van der Waals surface area (Å²) in [6.45, 7) is 0. The number of halogens is 1. The van der Waals surface area contributed by atoms with Gasteiger partial charge in [-0.05, 0) is 30.3 Å². The van der Waals surface area contributed by atoms with Crippen LogP contribution in [0.1, 0.15) is 6.42 Å². The monoisotopic (exact) mass is 318 g/mol. The highest BCUT2D eigenvalue weighted by Gasteiger charge is 2.09. The molecule has 106 valence electrons. The van der Waals surface area contributed by atoms with Gasteiger partial charge in [-0.3, -0.25) is 9.59 Å². The van der Waals surface area contributed by atoms with E-state index in [1.165, 1.54) is 0 Å². The van der Waals surface area contributed by atoms with E-state index in [9.17, 15) is 9.59 Å². The number of hydrogen-bond acceptors (Lipinski definition) is 4. The average Bonchev–Trinajstić information content (AvgIpc) is 2.48. The van der Waals surface area contributed by atoms with Crippen LogP contribution in [0.2, 0.25) is 0 Å². The van der Waals surface area contributed by atoms with Gasteiger partial charge < -0.3 is 4.74 Å². The standard InChI is InChI=1S/C16H11ClO3S/c17-8-7-15(18)20-10-5-6-14-12(9-10)16(19)11-3-1-2-4-13(11)21-14/h1-6,9H,7-8H2. The minimum absolute atomic E-state index is 0.0467. The summed E-state index contributed by atoms with van der Waals surface area (Å²) >= 11 is 7.04. The highest BCUT2D eigenvalue weighted by Crippen LogP contribution is 2.27. The van der Waals surface area contributed by atoms with Crippen molar-refractivity contribution in [2.24, 2.45) is 0 Å². The molecule has 0 aliphatic carbocycles. The Balaban J connectivity index is 2.12. The Hall–Kier alpha value is -1.91. The van der Waals surface area contributed by atoms with Crippen LogP contribution in [0.4, 0.5) is 0 Å². The Labute approximate surface area is 129 Å². The van der Waals surface area contributed by atoms with E-state index in [-0.39, 0.29) is 17.7 Å². The molecule has 0 spiro atoms. The maximum atomic E-state index is 12.5. The van der Waals surface area contributed by atoms with Crippen LogP contribution in [0.25, 0.3) is 20.2 Å². The second-order valence-electron chi connectivity index (χ2n) is 4.50. The molecule has 1 heterocycles. The van der Waals surface area contributed by atoms with Crippen LogP contribution in [0, 0.1) is 0 Å². The first-order chi connectivity index (χ1) is 10.2. The SMILES string of the molecule is O=C(CCCl)Oc1ccc2sc3ccccc3c(=O)c2c1. The van der Waals surface area contributed by atoms with Crippen LogP contribution in [-0.2, 0) is 4.79 Å². The van der Waals surface area contributed by atoms with Crippen molar-refractivity contribution in [3.8, 4) is 5.75 Å². The molecule has 0 aliphatic heterocycles. The van der Waals surface area contributed by atoms with Crippen LogP contribution < -0.4 is 10.2 Å². The van der Waals surface area contributed by atoms with Crippen LogP contribution in [0.15, 0.2) is 47.3 Å². The summed E-state index contributed by atoms with van der Waals surface area (Å²) in [6.07, 6.45) is 0.143. The van der Waals surface area contributed by atoms with Crippen molar-refractivity contribution in [3.05, 3.63) is 52.7 Å². The van der Waals surface area contributed by atoms with Gasteiger partial charge in [0, 0.05) is 26.1 Å². The third kappa shape index (κ3) is 2.77. The van der Waals surface area contributed by atoms with Crippen LogP contribution in [0.3, 0.4) is 0 Å². The summed E-state index contributed by atoms with van der Waals surface area (Å²) in [5, 5.41) is 1.24. The zero-order valence-corrected chi connectivity index (χ0v) is 12.5. The fraction of sp³-hybridized carbons (Fsp3) is 0.125. The molecule has 0 bridgehead atoms. The quantitative estimate of drug-likeness (QED) is 0.318. The van der Waals surface area contributed by atoms with Crippen LogP contribution >= 0.6 is 22.9 Å². The van der Waals surface area contributed by atoms with Crippen molar-refractivity contribution in [3.63, 3.8) is 0 Å². The molecule has 21 heavy (non-hydrogen) atoms. The Kier molecular flexibility index (Phi) is 3.90. The van der Waals surface area contributed by atoms with E-state index in [1.54, 1.807) is 35.6 Å². The molecule has 2 aromatic carbocycles. The highest BCUT2D eigenvalue weighted by atomic mass is 35.5. The predicted octanol–water partition coefficient (Wildman–Crippen LogP) is 3.95. The molecule has 3 rings (SSSR count). The third-order valence-electron chi connectivity index (χ3n) is 3.08. The zero-order valence-electron chi connectivity index (χ0n) is 11.0. The molecular weight excluding hydrogens is 308 g/mol. The summed E-state index contributed by atoms with van der Waals surface area (Å²) in [7, 11) is 0. The van der Waals surface area contributed by atoms with Gasteiger partial charge in [0.25, 0.3) is 0 Å². The lowest BCUT2D eigenvalue weighted by Crippen LogP contribution is -2.08. The maximum absolute atomic E-state index is 12.5. The lowest BCUT2D eigenvalue weighted by atomic mass is 10.2. The molecule has 0 unspecified atom stereocenters. The fourth-order valence-electron chi connectivity index (χ4n) is 2.11. The molecule has 0 saturated heterocycles. The van der Waals surface area contributed by atoms with E-state index >= 15 is 0 Å². The zero-order chi connectivity index (χ0) is 14.8. The smallest absolute Gasteiger partial charge is 0.312 e. The number of fused-ring (bicyclic) bond motifs is 2. The molecule has 0 N–H and O–H groups in total. The third-order valence-corrected chi connectivity index (χ3v) is 4.42. The van der Waals surface area contributed by atoms with Crippen molar-refractivity contribution in [1.82, 2.24) is 0 Å². The van der Waals surface area contributed by atoms with Crippen molar-refractivity contribution in [1.29, 1.82) is 0 Å². The lowest BCUT2D eigenvalue weighted by molar-refractivity contribution is -0.133. The molecule has 5 heteroatoms. The first-order valence-corrected chi connectivity index (χ1v) is 7.76. The normalized spacial score (nSPS) is 10.9. The number of benzene rings is 2. The van der Waals surface area contributed by atoms with Gasteiger partial charge in [0.05, 0.1) is 6.42 Å². The molecule has 1 aromatic heterocycles. The number of esters is 1. The van der Waals surface area contributed by atoms with Gasteiger partial charge in [-0.1, -0.05) is 12.1 Å². The van der Waals surface area contributed by atoms with Crippen molar-refractivity contribution >= 4 is 49.1 Å². The molecule has 0 amide bonds. The maximum Gasteiger partial charge on any atom is 0.312 e. The fourth-order valence-corrected chi connectivity index (χ4v) is 3.31. The summed E-state index contributed by atoms with van der Waals surface area (Å²) < 4.78 is 6.99. The topological polar surface area (TPSA) is 43.4 Å². The van der Waals surface area contributed by atoms with E-state index in [1.807, 2.05) is 18.2 Å². The van der Waals surface area contributed by atoms with Crippen molar-refractivity contribution in [2.45, 2.75) is 6.42 Å². The van der Waals surface area contributed by atoms with Gasteiger partial charge in [0.15, 0.2) is 5.43 Å². The van der Waals surface area contributed by atoms with Gasteiger partial charge in [0.2, 0.25) is 0 Å². The van der Waals surface area contributed by atoms with E-state index in [0.717, 1.165) is 9.40 Å². The number of hydrogen-bond donors (Lipinski definition) is 0. The lowest BCUT2D eigenvalue weighted by Gasteiger charge is -2.05. The van der Waals surface area contributed by atoms with Crippen LogP contribution in [-0.4, -0.2) is 11.8 Å². The molecule has 3 nitrogen and oxygen atoms in total. The summed E-state index contributed by atoms with van der Waals surface area (Å²) in [5.41, 5.74) is -0.0467. The number of alkyl halides is 1. The molecule has 0 radical (unpaired) electrons. The number of carbonyl (C=O) groups is 1. The minimum atomic E-state index is -0.402. The highest BCUT2D eigenvalue weighted by molar-refractivity contribution is 7.24. The molecule has 0 saturated carbocycles. The van der Waals surface area contributed by atoms with Gasteiger partial charge in [-0.2, -0.15) is 0 Å². The molecule has 3 aromatic rings. The Bertz CT molecular complexity index is 885. The molecule has 0 fully saturated rings. The first kappa shape index (κ1) is 14.0. The minimum Gasteiger partial charge on any atom is -0.426 e. The van der Waals surface area contributed by atoms with Gasteiger partial charge >= 0.3 is 5.97 Å². The van der Waals surface area contributed by atoms with E-state index in [0.29, 0.717) is 16.5 Å². The summed E-state index contributed by atoms with van der Waals surface area (Å²) in [6, 6.07) is 12.6. The van der Waals surface area contributed by atoms with E-state index in [2.05, 4.69) is 0 Å². The summed E-state index contributed by atoms with van der Waals surface area (Å²) in [4.78, 5) is 24.0. The average molecular weight is 319 g/mol. The first-order valence-electron chi connectivity index (χ1n) is 6.41.